The Kier molecular flexibility index (Phi) is 5.38. The maximum Gasteiger partial charge on any atom is 0.270 e. The standard InChI is InChI=1S/C19H17FN4O2/c1-26-14-8-6-13(7-9-14)12-22-18(25)17-10-11-21-19(24-17)23-16-5-3-2-4-15(16)20/h2-11H,12H2,1H3,(H,22,25)(H,21,23,24). The molecular formula is C19H17FN4O2. The molecule has 0 saturated carbocycles. The largest absolute Gasteiger partial charge is 0.497 e. The minimum Gasteiger partial charge on any atom is -0.497 e. The topological polar surface area (TPSA) is 76.1 Å². The number of benzene rings is 2. The van der Waals surface area contributed by atoms with Gasteiger partial charge in [0.1, 0.15) is 17.3 Å². The number of carbonyl (C=O) groups excluding carboxylic acids is 1. The number of nitrogens with zero attached hydrogens (tertiary/aromatic N) is 2. The number of aromatic nitrogens is 2. The molecule has 2 N–H and O–H groups in total. The van der Waals surface area contributed by atoms with Gasteiger partial charge in [-0.25, -0.2) is 14.4 Å². The lowest BCUT2D eigenvalue weighted by molar-refractivity contribution is 0.0946. The van der Waals surface area contributed by atoms with Crippen LogP contribution in [0.3, 0.4) is 0 Å². The van der Waals surface area contributed by atoms with E-state index in [0.717, 1.165) is 11.3 Å². The highest BCUT2D eigenvalue weighted by Crippen LogP contribution is 2.16. The fraction of sp³-hybridized carbons (Fsp3) is 0.105. The Morgan fingerprint density at radius 1 is 1.12 bits per heavy atom. The Morgan fingerprint density at radius 2 is 1.88 bits per heavy atom. The summed E-state index contributed by atoms with van der Waals surface area (Å²) in [7, 11) is 1.60. The van der Waals surface area contributed by atoms with Gasteiger partial charge in [-0.05, 0) is 35.9 Å². The molecule has 132 valence electrons. The van der Waals surface area contributed by atoms with Gasteiger partial charge in [0.15, 0.2) is 0 Å². The normalized spacial score (nSPS) is 10.2. The molecule has 0 bridgehead atoms. The van der Waals surface area contributed by atoms with Crippen molar-refractivity contribution in [3.63, 3.8) is 0 Å². The zero-order valence-corrected chi connectivity index (χ0v) is 14.1. The van der Waals surface area contributed by atoms with Crippen LogP contribution in [-0.2, 0) is 6.54 Å². The molecule has 7 heteroatoms. The number of anilines is 2. The fourth-order valence-corrected chi connectivity index (χ4v) is 2.24. The summed E-state index contributed by atoms with van der Waals surface area (Å²) in [6.45, 7) is 0.350. The number of amides is 1. The molecule has 0 radical (unpaired) electrons. The quantitative estimate of drug-likeness (QED) is 0.712. The third kappa shape index (κ3) is 4.32. The zero-order valence-electron chi connectivity index (χ0n) is 14.1. The van der Waals surface area contributed by atoms with E-state index in [9.17, 15) is 9.18 Å². The average molecular weight is 352 g/mol. The average Bonchev–Trinajstić information content (AvgIpc) is 2.68. The third-order valence-electron chi connectivity index (χ3n) is 3.62. The number of methoxy groups -OCH3 is 1. The van der Waals surface area contributed by atoms with E-state index in [1.165, 1.54) is 18.3 Å². The summed E-state index contributed by atoms with van der Waals surface area (Å²) in [6.07, 6.45) is 1.44. The Morgan fingerprint density at radius 3 is 2.62 bits per heavy atom. The summed E-state index contributed by atoms with van der Waals surface area (Å²) in [5, 5.41) is 5.55. The van der Waals surface area contributed by atoms with Crippen molar-refractivity contribution >= 4 is 17.5 Å². The second kappa shape index (κ2) is 8.06. The Bertz CT molecular complexity index is 900. The van der Waals surface area contributed by atoms with Gasteiger partial charge < -0.3 is 15.4 Å². The SMILES string of the molecule is COc1ccc(CNC(=O)c2ccnc(Nc3ccccc3F)n2)cc1. The van der Waals surface area contributed by atoms with E-state index in [-0.39, 0.29) is 23.2 Å². The van der Waals surface area contributed by atoms with Crippen LogP contribution in [0.2, 0.25) is 0 Å². The van der Waals surface area contributed by atoms with E-state index in [1.54, 1.807) is 25.3 Å². The number of rotatable bonds is 6. The van der Waals surface area contributed by atoms with E-state index < -0.39 is 5.82 Å². The smallest absolute Gasteiger partial charge is 0.270 e. The molecule has 26 heavy (non-hydrogen) atoms. The van der Waals surface area contributed by atoms with Crippen molar-refractivity contribution in [3.8, 4) is 5.75 Å². The van der Waals surface area contributed by atoms with Gasteiger partial charge in [-0.2, -0.15) is 0 Å². The third-order valence-corrected chi connectivity index (χ3v) is 3.62. The molecule has 0 spiro atoms. The second-order valence-electron chi connectivity index (χ2n) is 5.40. The minimum absolute atomic E-state index is 0.146. The molecule has 0 saturated heterocycles. The lowest BCUT2D eigenvalue weighted by Gasteiger charge is -2.08. The molecule has 1 amide bonds. The number of halogens is 1. The summed E-state index contributed by atoms with van der Waals surface area (Å²) in [4.78, 5) is 20.4. The summed E-state index contributed by atoms with van der Waals surface area (Å²) in [5.41, 5.74) is 1.36. The molecule has 0 aliphatic rings. The van der Waals surface area contributed by atoms with Gasteiger partial charge in [0.2, 0.25) is 5.95 Å². The first-order chi connectivity index (χ1) is 12.7. The Hall–Kier alpha value is -3.48. The van der Waals surface area contributed by atoms with Crippen molar-refractivity contribution in [1.29, 1.82) is 0 Å². The van der Waals surface area contributed by atoms with Crippen LogP contribution in [0.5, 0.6) is 5.75 Å². The number of carbonyl (C=O) groups is 1. The summed E-state index contributed by atoms with van der Waals surface area (Å²) in [5.74, 6) is 0.122. The van der Waals surface area contributed by atoms with Gasteiger partial charge in [-0.1, -0.05) is 24.3 Å². The Labute approximate surface area is 150 Å². The maximum atomic E-state index is 13.7. The lowest BCUT2D eigenvalue weighted by atomic mass is 10.2. The summed E-state index contributed by atoms with van der Waals surface area (Å²) in [6, 6.07) is 15.0. The van der Waals surface area contributed by atoms with Crippen molar-refractivity contribution in [2.75, 3.05) is 12.4 Å². The Balaban J connectivity index is 1.65. The first-order valence-corrected chi connectivity index (χ1v) is 7.91. The van der Waals surface area contributed by atoms with E-state index in [2.05, 4.69) is 20.6 Å². The van der Waals surface area contributed by atoms with Crippen LogP contribution in [-0.4, -0.2) is 23.0 Å². The molecule has 3 rings (SSSR count). The predicted octanol–water partition coefficient (Wildman–Crippen LogP) is 3.30. The number of hydrogen-bond donors (Lipinski definition) is 2. The highest BCUT2D eigenvalue weighted by Gasteiger charge is 2.10. The number of ether oxygens (including phenoxy) is 1. The molecular weight excluding hydrogens is 335 g/mol. The van der Waals surface area contributed by atoms with Crippen molar-refractivity contribution in [3.05, 3.63) is 77.9 Å². The molecule has 1 heterocycles. The van der Waals surface area contributed by atoms with Crippen LogP contribution in [0.25, 0.3) is 0 Å². The van der Waals surface area contributed by atoms with Gasteiger partial charge in [0.05, 0.1) is 12.8 Å². The number of para-hydroxylation sites is 1. The highest BCUT2D eigenvalue weighted by molar-refractivity contribution is 5.92. The molecule has 0 fully saturated rings. The maximum absolute atomic E-state index is 13.7. The van der Waals surface area contributed by atoms with Gasteiger partial charge in [0, 0.05) is 12.7 Å². The van der Waals surface area contributed by atoms with E-state index in [0.29, 0.717) is 6.54 Å². The number of nitrogens with one attached hydrogen (secondary N) is 2. The van der Waals surface area contributed by atoms with Crippen molar-refractivity contribution < 1.29 is 13.9 Å². The van der Waals surface area contributed by atoms with Gasteiger partial charge >= 0.3 is 0 Å². The molecule has 0 aliphatic carbocycles. The molecule has 0 unspecified atom stereocenters. The fourth-order valence-electron chi connectivity index (χ4n) is 2.24. The minimum atomic E-state index is -0.425. The van der Waals surface area contributed by atoms with Crippen LogP contribution < -0.4 is 15.4 Å². The molecule has 1 aromatic heterocycles. The van der Waals surface area contributed by atoms with E-state index >= 15 is 0 Å². The first kappa shape index (κ1) is 17.3. The molecule has 6 nitrogen and oxygen atoms in total. The van der Waals surface area contributed by atoms with Crippen molar-refractivity contribution in [2.24, 2.45) is 0 Å². The highest BCUT2D eigenvalue weighted by atomic mass is 19.1. The monoisotopic (exact) mass is 352 g/mol. The van der Waals surface area contributed by atoms with E-state index in [1.807, 2.05) is 24.3 Å². The molecule has 3 aromatic rings. The summed E-state index contributed by atoms with van der Waals surface area (Å²) < 4.78 is 18.8. The van der Waals surface area contributed by atoms with Crippen LogP contribution in [0, 0.1) is 5.82 Å². The van der Waals surface area contributed by atoms with Crippen molar-refractivity contribution in [1.82, 2.24) is 15.3 Å². The second-order valence-corrected chi connectivity index (χ2v) is 5.40. The van der Waals surface area contributed by atoms with E-state index in [4.69, 9.17) is 4.74 Å². The van der Waals surface area contributed by atoms with Crippen molar-refractivity contribution in [2.45, 2.75) is 6.54 Å². The first-order valence-electron chi connectivity index (χ1n) is 7.91. The van der Waals surface area contributed by atoms with Gasteiger partial charge in [-0.15, -0.1) is 0 Å². The van der Waals surface area contributed by atoms with Gasteiger partial charge in [0.25, 0.3) is 5.91 Å². The van der Waals surface area contributed by atoms with Crippen LogP contribution in [0.15, 0.2) is 60.8 Å². The predicted molar refractivity (Wildman–Crippen MR) is 95.9 cm³/mol. The van der Waals surface area contributed by atoms with Crippen LogP contribution in [0.4, 0.5) is 16.0 Å². The number of hydrogen-bond acceptors (Lipinski definition) is 5. The van der Waals surface area contributed by atoms with Crippen LogP contribution >= 0.6 is 0 Å². The molecule has 0 atom stereocenters. The summed E-state index contributed by atoms with van der Waals surface area (Å²) >= 11 is 0. The van der Waals surface area contributed by atoms with Gasteiger partial charge in [-0.3, -0.25) is 4.79 Å². The molecule has 2 aromatic carbocycles. The van der Waals surface area contributed by atoms with Crippen LogP contribution in [0.1, 0.15) is 16.1 Å². The molecule has 0 aliphatic heterocycles. The lowest BCUT2D eigenvalue weighted by Crippen LogP contribution is -2.24. The zero-order chi connectivity index (χ0) is 18.4.